The minimum absolute atomic E-state index is 0.347. The Labute approximate surface area is 261 Å². The van der Waals surface area contributed by atoms with Gasteiger partial charge in [-0.3, -0.25) is 9.59 Å². The standard InChI is InChI=1S/C33H35FN2O5/c1-21(2)31-30(33(41)35-25-11-7-4-8-12-25)29(22-9-5-3-6-10-22)32(23-13-15-24(34)16-14-23)36(31)18-17-26(37)19-27(38)20-28(39)40/h3-16,21,26-27,37-38H,17-20H2,1-2H3,(H,35,41)(H,39,40)/t26-,27-/m1/s1/i3D,4D,5D,6D,7D,8D,9D,10D,11D,12D,13D,14D,15D,16D,17D2. The van der Waals surface area contributed by atoms with Crippen molar-refractivity contribution in [2.75, 3.05) is 5.32 Å². The zero-order valence-electron chi connectivity index (χ0n) is 37.8. The van der Waals surface area contributed by atoms with Crippen LogP contribution in [0, 0.1) is 5.82 Å². The number of aliphatic carboxylic acids is 1. The van der Waals surface area contributed by atoms with Gasteiger partial charge < -0.3 is 25.2 Å². The first kappa shape index (κ1) is 15.1. The molecule has 1 aromatic heterocycles. The number of amides is 1. The van der Waals surface area contributed by atoms with Crippen molar-refractivity contribution in [2.45, 2.75) is 57.7 Å². The van der Waals surface area contributed by atoms with Crippen molar-refractivity contribution in [2.24, 2.45) is 0 Å². The lowest BCUT2D eigenvalue weighted by Gasteiger charge is -2.20. The van der Waals surface area contributed by atoms with Gasteiger partial charge in [0.05, 0.1) is 49.1 Å². The number of nitrogens with zero attached hydrogens (tertiary/aromatic N) is 1. The van der Waals surface area contributed by atoms with Crippen LogP contribution >= 0.6 is 0 Å². The van der Waals surface area contributed by atoms with Crippen molar-refractivity contribution in [3.8, 4) is 22.4 Å². The van der Waals surface area contributed by atoms with E-state index in [1.807, 2.05) is 0 Å². The number of rotatable bonds is 12. The minimum atomic E-state index is -2.97. The fourth-order valence-corrected chi connectivity index (χ4v) is 4.24. The largest absolute Gasteiger partial charge is 0.481 e. The normalized spacial score (nSPS) is 18.6. The zero-order chi connectivity index (χ0) is 43.5. The van der Waals surface area contributed by atoms with E-state index < -0.39 is 180 Å². The number of carboxylic acid groups (broad SMARTS) is 1. The first-order chi connectivity index (χ1) is 26.2. The Balaban J connectivity index is 2.32. The molecule has 4 N–H and O–H groups in total. The molecule has 0 fully saturated rings. The summed E-state index contributed by atoms with van der Waals surface area (Å²) in [5, 5.41) is 32.6. The number of hydrogen-bond acceptors (Lipinski definition) is 4. The fourth-order valence-electron chi connectivity index (χ4n) is 4.24. The third kappa shape index (κ3) is 7.28. The summed E-state index contributed by atoms with van der Waals surface area (Å²) < 4.78 is 151. The number of aliphatic hydroxyl groups excluding tert-OH is 2. The van der Waals surface area contributed by atoms with Crippen molar-refractivity contribution < 1.29 is 51.2 Å². The van der Waals surface area contributed by atoms with Crippen LogP contribution in [0.1, 0.15) is 77.0 Å². The van der Waals surface area contributed by atoms with E-state index in [1.165, 1.54) is 13.8 Å². The fraction of sp³-hybridized carbons (Fsp3) is 0.273. The minimum Gasteiger partial charge on any atom is -0.481 e. The monoisotopic (exact) mass is 574 g/mol. The highest BCUT2D eigenvalue weighted by Gasteiger charge is 2.31. The maximum absolute atomic E-state index is 15.0. The third-order valence-corrected chi connectivity index (χ3v) is 5.79. The molecule has 0 unspecified atom stereocenters. The molecule has 8 heteroatoms. The number of anilines is 1. The summed E-state index contributed by atoms with van der Waals surface area (Å²) in [6.07, 6.45) is -8.73. The zero-order valence-corrected chi connectivity index (χ0v) is 21.8. The Morgan fingerprint density at radius 3 is 2.12 bits per heavy atom. The lowest BCUT2D eigenvalue weighted by molar-refractivity contribution is -0.139. The highest BCUT2D eigenvalue weighted by molar-refractivity contribution is 6.12. The Morgan fingerprint density at radius 2 is 1.54 bits per heavy atom. The van der Waals surface area contributed by atoms with E-state index >= 15 is 4.39 Å². The van der Waals surface area contributed by atoms with Crippen LogP contribution in [0.25, 0.3) is 22.4 Å². The summed E-state index contributed by atoms with van der Waals surface area (Å²) in [6, 6.07) is -14.0. The molecule has 4 aromatic rings. The highest BCUT2D eigenvalue weighted by Crippen LogP contribution is 2.42. The lowest BCUT2D eigenvalue weighted by atomic mass is 9.94. The van der Waals surface area contributed by atoms with Crippen molar-refractivity contribution in [3.05, 3.63) is 102 Å². The molecular formula is C33H35FN2O5. The van der Waals surface area contributed by atoms with Gasteiger partial charge in [0.1, 0.15) is 5.82 Å². The van der Waals surface area contributed by atoms with Crippen molar-refractivity contribution in [1.29, 1.82) is 0 Å². The second-order valence-electron chi connectivity index (χ2n) is 9.08. The number of aromatic nitrogens is 1. The van der Waals surface area contributed by atoms with E-state index in [0.717, 1.165) is 4.57 Å². The second kappa shape index (κ2) is 13.4. The quantitative estimate of drug-likeness (QED) is 0.158. The van der Waals surface area contributed by atoms with Crippen LogP contribution in [0.3, 0.4) is 0 Å². The van der Waals surface area contributed by atoms with Gasteiger partial charge in [-0.2, -0.15) is 0 Å². The van der Waals surface area contributed by atoms with Gasteiger partial charge in [0, 0.05) is 26.2 Å². The number of halogens is 1. The molecule has 0 aliphatic rings. The maximum atomic E-state index is 15.0. The molecule has 1 heterocycles. The summed E-state index contributed by atoms with van der Waals surface area (Å²) >= 11 is 0. The molecule has 0 radical (unpaired) electrons. The summed E-state index contributed by atoms with van der Waals surface area (Å²) in [5.74, 6) is -5.53. The number of benzene rings is 3. The van der Waals surface area contributed by atoms with Gasteiger partial charge in [-0.05, 0) is 66.1 Å². The van der Waals surface area contributed by atoms with Crippen LogP contribution in [0.5, 0.6) is 0 Å². The summed E-state index contributed by atoms with van der Waals surface area (Å²) in [7, 11) is 0. The Kier molecular flexibility index (Phi) is 4.93. The Bertz CT molecular complexity index is 2250. The molecule has 3 aromatic carbocycles. The number of para-hydroxylation sites is 1. The third-order valence-electron chi connectivity index (χ3n) is 5.79. The van der Waals surface area contributed by atoms with E-state index in [0.29, 0.717) is 0 Å². The topological polar surface area (TPSA) is 112 Å². The number of carbonyl (C=O) groups excluding carboxylic acids is 1. The molecule has 0 aliphatic heterocycles. The van der Waals surface area contributed by atoms with Gasteiger partial charge in [-0.25, -0.2) is 4.39 Å². The van der Waals surface area contributed by atoms with E-state index in [9.17, 15) is 19.8 Å². The van der Waals surface area contributed by atoms with E-state index in [1.54, 1.807) is 0 Å². The molecule has 1 amide bonds. The van der Waals surface area contributed by atoms with Crippen molar-refractivity contribution in [1.82, 2.24) is 4.57 Å². The molecule has 7 nitrogen and oxygen atoms in total. The van der Waals surface area contributed by atoms with Crippen LogP contribution in [-0.2, 0) is 11.3 Å². The van der Waals surface area contributed by atoms with Crippen LogP contribution in [-0.4, -0.2) is 44.0 Å². The number of aliphatic hydroxyl groups is 2. The lowest BCUT2D eigenvalue weighted by Crippen LogP contribution is -2.22. The van der Waals surface area contributed by atoms with Crippen LogP contribution < -0.4 is 5.32 Å². The Morgan fingerprint density at radius 1 is 0.927 bits per heavy atom. The SMILES string of the molecule is [2H]c1c([2H])c([2H])c(NC(=O)c2c(-c3c([2H])c([2H])c([2H])c([2H])c3[2H])c(-c3c([2H])c([2H])c(F)c([2H])c3[2H])n(CC([2H])([2H])[C@@H](O)C[C@@H](O)CC(=O)O)c2C(C)C)c([2H])c1[2H]. The molecule has 0 spiro atoms. The van der Waals surface area contributed by atoms with Gasteiger partial charge in [-0.1, -0.05) is 62.2 Å². The number of nitrogens with one attached hydrogen (secondary N) is 1. The van der Waals surface area contributed by atoms with Crippen molar-refractivity contribution in [3.63, 3.8) is 0 Å². The average molecular weight is 575 g/mol. The first-order valence-corrected chi connectivity index (χ1v) is 12.3. The molecule has 2 atom stereocenters. The maximum Gasteiger partial charge on any atom is 0.305 e. The molecule has 0 aliphatic carbocycles. The van der Waals surface area contributed by atoms with Crippen LogP contribution in [0.2, 0.25) is 0 Å². The molecular weight excluding hydrogens is 523 g/mol. The van der Waals surface area contributed by atoms with Gasteiger partial charge >= 0.3 is 5.97 Å². The van der Waals surface area contributed by atoms with Gasteiger partial charge in [0.15, 0.2) is 0 Å². The summed E-state index contributed by atoms with van der Waals surface area (Å²) in [5.41, 5.74) is -5.06. The van der Waals surface area contributed by atoms with E-state index in [-0.39, 0.29) is 5.69 Å². The predicted molar refractivity (Wildman–Crippen MR) is 157 cm³/mol. The highest BCUT2D eigenvalue weighted by atomic mass is 19.1. The van der Waals surface area contributed by atoms with Gasteiger partial charge in [0.25, 0.3) is 5.91 Å². The van der Waals surface area contributed by atoms with E-state index in [4.69, 9.17) is 27.0 Å². The van der Waals surface area contributed by atoms with Gasteiger partial charge in [0.2, 0.25) is 0 Å². The summed E-state index contributed by atoms with van der Waals surface area (Å²) in [6.45, 7) is 1.69. The molecule has 4 rings (SSSR count). The molecule has 0 saturated carbocycles. The molecule has 0 saturated heterocycles. The molecule has 0 bridgehead atoms. The number of carbonyl (C=O) groups is 2. The van der Waals surface area contributed by atoms with Crippen LogP contribution in [0.15, 0.2) is 84.6 Å². The molecule has 214 valence electrons. The Hall–Kier alpha value is -4.27. The van der Waals surface area contributed by atoms with E-state index in [2.05, 4.69) is 5.32 Å². The number of carboxylic acids is 1. The smallest absolute Gasteiger partial charge is 0.305 e. The number of hydrogen-bond donors (Lipinski definition) is 4. The van der Waals surface area contributed by atoms with Gasteiger partial charge in [-0.15, -0.1) is 0 Å². The molecule has 41 heavy (non-hydrogen) atoms. The van der Waals surface area contributed by atoms with Crippen molar-refractivity contribution >= 4 is 17.6 Å². The predicted octanol–water partition coefficient (Wildman–Crippen LogP) is 6.31. The average Bonchev–Trinajstić information content (AvgIpc) is 3.44. The van der Waals surface area contributed by atoms with Crippen LogP contribution in [0.4, 0.5) is 10.1 Å². The first-order valence-electron chi connectivity index (χ1n) is 20.3. The summed E-state index contributed by atoms with van der Waals surface area (Å²) in [4.78, 5) is 25.9. The second-order valence-corrected chi connectivity index (χ2v) is 9.08.